The molecule has 0 aromatic carbocycles. The number of aromatic nitrogens is 1. The van der Waals surface area contributed by atoms with E-state index in [2.05, 4.69) is 4.98 Å². The average molecular weight is 160 g/mol. The molecule has 1 aromatic rings. The highest BCUT2D eigenvalue weighted by atomic mass is 35.5. The molecule has 2 nitrogen and oxygen atoms in total. The van der Waals surface area contributed by atoms with Gasteiger partial charge in [0.05, 0.1) is 6.20 Å². The minimum absolute atomic E-state index is 0.000139. The summed E-state index contributed by atoms with van der Waals surface area (Å²) in [6.07, 6.45) is 1.66. The van der Waals surface area contributed by atoms with Gasteiger partial charge in [0.1, 0.15) is 5.76 Å². The van der Waals surface area contributed by atoms with Crippen LogP contribution in [0.4, 0.5) is 0 Å². The van der Waals surface area contributed by atoms with Crippen molar-refractivity contribution in [2.45, 2.75) is 26.2 Å². The minimum Gasteiger partial charge on any atom is -0.432 e. The number of hydrogen-bond donors (Lipinski definition) is 0. The average Bonchev–Trinajstić information content (AvgIpc) is 2.11. The summed E-state index contributed by atoms with van der Waals surface area (Å²) in [4.78, 5) is 3.78. The van der Waals surface area contributed by atoms with Crippen LogP contribution in [0.2, 0.25) is 5.35 Å². The van der Waals surface area contributed by atoms with Gasteiger partial charge in [-0.05, 0) is 11.6 Å². The Labute approximate surface area is 65.2 Å². The largest absolute Gasteiger partial charge is 0.432 e. The van der Waals surface area contributed by atoms with Crippen LogP contribution in [-0.2, 0) is 5.41 Å². The lowest BCUT2D eigenvalue weighted by atomic mass is 9.94. The van der Waals surface area contributed by atoms with Crippen LogP contribution in [-0.4, -0.2) is 4.98 Å². The number of nitrogens with zero attached hydrogens (tertiary/aromatic N) is 1. The minimum atomic E-state index is 0.000139. The molecule has 0 aliphatic carbocycles. The van der Waals surface area contributed by atoms with Gasteiger partial charge in [0.25, 0.3) is 5.35 Å². The van der Waals surface area contributed by atoms with E-state index < -0.39 is 0 Å². The van der Waals surface area contributed by atoms with Gasteiger partial charge in [0.2, 0.25) is 0 Å². The van der Waals surface area contributed by atoms with Crippen LogP contribution in [0.1, 0.15) is 26.5 Å². The molecule has 0 N–H and O–H groups in total. The Morgan fingerprint density at radius 2 is 2.10 bits per heavy atom. The summed E-state index contributed by atoms with van der Waals surface area (Å²) in [5, 5.41) is 0.213. The van der Waals surface area contributed by atoms with Crippen molar-refractivity contribution in [1.29, 1.82) is 0 Å². The SMILES string of the molecule is CC(C)(C)c1cnc(Cl)o1. The van der Waals surface area contributed by atoms with Gasteiger partial charge in [0, 0.05) is 5.41 Å². The molecule has 1 heterocycles. The Balaban J connectivity index is 2.96. The fourth-order valence-electron chi connectivity index (χ4n) is 0.600. The van der Waals surface area contributed by atoms with Crippen molar-refractivity contribution in [2.24, 2.45) is 0 Å². The molecule has 0 saturated carbocycles. The Morgan fingerprint density at radius 1 is 1.50 bits per heavy atom. The van der Waals surface area contributed by atoms with Gasteiger partial charge in [-0.25, -0.2) is 4.98 Å². The normalized spacial score (nSPS) is 12.0. The summed E-state index contributed by atoms with van der Waals surface area (Å²) in [7, 11) is 0. The Hall–Kier alpha value is -0.500. The Morgan fingerprint density at radius 3 is 2.30 bits per heavy atom. The number of hydrogen-bond acceptors (Lipinski definition) is 2. The second-order valence-corrected chi connectivity index (χ2v) is 3.55. The van der Waals surface area contributed by atoms with Crippen molar-refractivity contribution in [1.82, 2.24) is 4.98 Å². The predicted octanol–water partition coefficient (Wildman–Crippen LogP) is 2.63. The zero-order valence-electron chi connectivity index (χ0n) is 6.31. The molecule has 0 radical (unpaired) electrons. The topological polar surface area (TPSA) is 26.0 Å². The maximum Gasteiger partial charge on any atom is 0.292 e. The van der Waals surface area contributed by atoms with E-state index >= 15 is 0 Å². The maximum absolute atomic E-state index is 5.49. The monoisotopic (exact) mass is 159 g/mol. The summed E-state index contributed by atoms with van der Waals surface area (Å²) in [6, 6.07) is 0. The Kier molecular flexibility index (Phi) is 1.73. The summed E-state index contributed by atoms with van der Waals surface area (Å²) in [5.41, 5.74) is 0.000139. The van der Waals surface area contributed by atoms with E-state index in [0.717, 1.165) is 5.76 Å². The highest BCUT2D eigenvalue weighted by Gasteiger charge is 2.18. The first-order valence-corrected chi connectivity index (χ1v) is 3.50. The van der Waals surface area contributed by atoms with Crippen LogP contribution < -0.4 is 0 Å². The zero-order chi connectivity index (χ0) is 7.78. The molecular weight excluding hydrogens is 150 g/mol. The fourth-order valence-corrected chi connectivity index (χ4v) is 0.731. The van der Waals surface area contributed by atoms with E-state index in [1.54, 1.807) is 6.20 Å². The molecule has 0 fully saturated rings. The van der Waals surface area contributed by atoms with Crippen molar-refractivity contribution < 1.29 is 4.42 Å². The third-order valence-corrected chi connectivity index (χ3v) is 1.39. The summed E-state index contributed by atoms with van der Waals surface area (Å²) in [6.45, 7) is 6.14. The quantitative estimate of drug-likeness (QED) is 0.582. The lowest BCUT2D eigenvalue weighted by Crippen LogP contribution is -2.08. The number of oxazole rings is 1. The number of rotatable bonds is 0. The zero-order valence-corrected chi connectivity index (χ0v) is 7.07. The third kappa shape index (κ3) is 1.51. The molecular formula is C7H10ClNO. The predicted molar refractivity (Wildman–Crippen MR) is 40.2 cm³/mol. The molecule has 1 aromatic heterocycles. The molecule has 0 atom stereocenters. The van der Waals surface area contributed by atoms with Gasteiger partial charge in [-0.2, -0.15) is 0 Å². The standard InChI is InChI=1S/C7H10ClNO/c1-7(2,3)5-4-9-6(8)10-5/h4H,1-3H3. The van der Waals surface area contributed by atoms with Crippen molar-refractivity contribution >= 4 is 11.6 Å². The van der Waals surface area contributed by atoms with Gasteiger partial charge < -0.3 is 4.42 Å². The van der Waals surface area contributed by atoms with Crippen LogP contribution in [0.5, 0.6) is 0 Å². The molecule has 3 heteroatoms. The maximum atomic E-state index is 5.49. The Bertz CT molecular complexity index is 224. The molecule has 1 rings (SSSR count). The molecule has 56 valence electrons. The van der Waals surface area contributed by atoms with E-state index in [9.17, 15) is 0 Å². The van der Waals surface area contributed by atoms with Gasteiger partial charge in [0.15, 0.2) is 0 Å². The lowest BCUT2D eigenvalue weighted by Gasteiger charge is -2.12. The van der Waals surface area contributed by atoms with Gasteiger partial charge in [-0.3, -0.25) is 0 Å². The summed E-state index contributed by atoms with van der Waals surface area (Å²) < 4.78 is 5.10. The third-order valence-electron chi connectivity index (χ3n) is 1.22. The van der Waals surface area contributed by atoms with Crippen LogP contribution in [0.25, 0.3) is 0 Å². The molecule has 0 unspecified atom stereocenters. The highest BCUT2D eigenvalue weighted by Crippen LogP contribution is 2.23. The van der Waals surface area contributed by atoms with Crippen LogP contribution in [0.15, 0.2) is 10.6 Å². The summed E-state index contributed by atoms with van der Waals surface area (Å²) >= 11 is 5.49. The van der Waals surface area contributed by atoms with E-state index in [1.807, 2.05) is 20.8 Å². The first kappa shape index (κ1) is 7.61. The van der Waals surface area contributed by atoms with E-state index in [1.165, 1.54) is 0 Å². The summed E-state index contributed by atoms with van der Waals surface area (Å²) in [5.74, 6) is 0.817. The molecule has 0 aliphatic rings. The molecule has 0 saturated heterocycles. The van der Waals surface area contributed by atoms with Crippen LogP contribution in [0, 0.1) is 0 Å². The highest BCUT2D eigenvalue weighted by molar-refractivity contribution is 6.27. The van der Waals surface area contributed by atoms with E-state index in [4.69, 9.17) is 16.0 Å². The van der Waals surface area contributed by atoms with Crippen molar-refractivity contribution in [3.8, 4) is 0 Å². The van der Waals surface area contributed by atoms with Crippen molar-refractivity contribution in [2.75, 3.05) is 0 Å². The second kappa shape index (κ2) is 2.27. The van der Waals surface area contributed by atoms with E-state index in [0.29, 0.717) is 0 Å². The van der Waals surface area contributed by atoms with E-state index in [-0.39, 0.29) is 10.8 Å². The van der Waals surface area contributed by atoms with Crippen molar-refractivity contribution in [3.05, 3.63) is 17.3 Å². The van der Waals surface area contributed by atoms with Crippen LogP contribution >= 0.6 is 11.6 Å². The first-order valence-electron chi connectivity index (χ1n) is 3.12. The second-order valence-electron chi connectivity index (χ2n) is 3.23. The van der Waals surface area contributed by atoms with Gasteiger partial charge >= 0.3 is 0 Å². The number of halogens is 1. The van der Waals surface area contributed by atoms with Crippen LogP contribution in [0.3, 0.4) is 0 Å². The van der Waals surface area contributed by atoms with Crippen molar-refractivity contribution in [3.63, 3.8) is 0 Å². The molecule has 0 amide bonds. The molecule has 10 heavy (non-hydrogen) atoms. The van der Waals surface area contributed by atoms with Gasteiger partial charge in [-0.1, -0.05) is 20.8 Å². The fraction of sp³-hybridized carbons (Fsp3) is 0.571. The molecule has 0 aliphatic heterocycles. The lowest BCUT2D eigenvalue weighted by molar-refractivity contribution is 0.409. The molecule has 0 bridgehead atoms. The first-order chi connectivity index (χ1) is 4.50. The molecule has 0 spiro atoms. The van der Waals surface area contributed by atoms with Gasteiger partial charge in [-0.15, -0.1) is 0 Å². The smallest absolute Gasteiger partial charge is 0.292 e.